The van der Waals surface area contributed by atoms with Crippen LogP contribution in [0.15, 0.2) is 0 Å². The van der Waals surface area contributed by atoms with Crippen molar-refractivity contribution in [2.75, 3.05) is 6.61 Å². The van der Waals surface area contributed by atoms with Gasteiger partial charge in [-0.3, -0.25) is 14.4 Å². The molecule has 2 bridgehead atoms. The molecule has 4 rings (SSSR count). The van der Waals surface area contributed by atoms with E-state index in [2.05, 4.69) is 9.37 Å². The summed E-state index contributed by atoms with van der Waals surface area (Å²) < 4.78 is 20.5. The third-order valence-electron chi connectivity index (χ3n) is 7.94. The van der Waals surface area contributed by atoms with Gasteiger partial charge in [-0.25, -0.2) is 5.26 Å². The number of rotatable bonds is 9. The summed E-state index contributed by atoms with van der Waals surface area (Å²) >= 11 is 0.620. The second kappa shape index (κ2) is 9.12. The van der Waals surface area contributed by atoms with Crippen molar-refractivity contribution in [1.82, 2.24) is 0 Å². The highest BCUT2D eigenvalue weighted by molar-refractivity contribution is 7.96. The maximum absolute atomic E-state index is 13.4. The summed E-state index contributed by atoms with van der Waals surface area (Å²) in [6.07, 6.45) is 6.10. The minimum atomic E-state index is -1.12. The summed E-state index contributed by atoms with van der Waals surface area (Å²) in [5.74, 6) is -2.60. The Hall–Kier alpha value is -1.36. The molecule has 0 aromatic carbocycles. The number of ether oxygens (including phenoxy) is 3. The Bertz CT molecular complexity index is 748. The molecular weight excluding hydrogens is 440 g/mol. The van der Waals surface area contributed by atoms with Gasteiger partial charge in [0.25, 0.3) is 0 Å². The Morgan fingerprint density at radius 2 is 1.94 bits per heavy atom. The van der Waals surface area contributed by atoms with Crippen LogP contribution in [0, 0.1) is 29.6 Å². The van der Waals surface area contributed by atoms with Crippen molar-refractivity contribution >= 4 is 30.0 Å². The molecule has 4 aliphatic rings. The van der Waals surface area contributed by atoms with Crippen molar-refractivity contribution in [3.63, 3.8) is 0 Å². The lowest BCUT2D eigenvalue weighted by molar-refractivity contribution is -0.432. The van der Waals surface area contributed by atoms with Crippen LogP contribution < -0.4 is 0 Å². The second-order valence-electron chi connectivity index (χ2n) is 10.0. The summed E-state index contributed by atoms with van der Waals surface area (Å²) in [6.45, 7) is 5.23. The zero-order valence-corrected chi connectivity index (χ0v) is 19.6. The van der Waals surface area contributed by atoms with Gasteiger partial charge in [0.2, 0.25) is 0 Å². The van der Waals surface area contributed by atoms with Crippen molar-refractivity contribution in [2.24, 2.45) is 29.6 Å². The van der Waals surface area contributed by atoms with Gasteiger partial charge in [0.1, 0.15) is 16.5 Å². The fourth-order valence-electron chi connectivity index (χ4n) is 6.21. The van der Waals surface area contributed by atoms with E-state index in [9.17, 15) is 14.4 Å². The lowest BCUT2D eigenvalue weighted by Gasteiger charge is -2.38. The standard InChI is InChI=1S/C22H32O9S/c1-4-22(8-6-5-7-9-22)29-19(24)15-12-10-13-16(15)18(23)28-17(13)14(12)11-27-20(25)21(2,3)32-31-30-26/h12-17,26H,4-11H2,1-3H3. The van der Waals surface area contributed by atoms with Crippen LogP contribution in [-0.4, -0.2) is 46.2 Å². The average Bonchev–Trinajstić information content (AvgIpc) is 3.39. The highest BCUT2D eigenvalue weighted by Gasteiger charge is 2.69. The zero-order chi connectivity index (χ0) is 23.1. The van der Waals surface area contributed by atoms with Crippen molar-refractivity contribution in [2.45, 2.75) is 82.2 Å². The number of esters is 3. The minimum Gasteiger partial charge on any atom is -0.464 e. The zero-order valence-electron chi connectivity index (χ0n) is 18.7. The molecule has 10 heteroatoms. The Kier molecular flexibility index (Phi) is 6.78. The molecule has 4 fully saturated rings. The van der Waals surface area contributed by atoms with Crippen LogP contribution >= 0.6 is 12.0 Å². The first-order valence-corrected chi connectivity index (χ1v) is 12.2. The summed E-state index contributed by atoms with van der Waals surface area (Å²) in [6, 6.07) is 0. The molecule has 180 valence electrons. The van der Waals surface area contributed by atoms with E-state index in [-0.39, 0.29) is 42.4 Å². The van der Waals surface area contributed by atoms with Gasteiger partial charge in [-0.2, -0.15) is 0 Å². The van der Waals surface area contributed by atoms with Crippen LogP contribution in [0.5, 0.6) is 0 Å². The molecule has 1 N–H and O–H groups in total. The Morgan fingerprint density at radius 3 is 2.59 bits per heavy atom. The van der Waals surface area contributed by atoms with Gasteiger partial charge >= 0.3 is 17.9 Å². The lowest BCUT2D eigenvalue weighted by Crippen LogP contribution is -2.45. The molecule has 0 amide bonds. The number of hydrogen-bond donors (Lipinski definition) is 1. The van der Waals surface area contributed by atoms with E-state index in [1.54, 1.807) is 13.8 Å². The smallest absolute Gasteiger partial charge is 0.324 e. The lowest BCUT2D eigenvalue weighted by atomic mass is 9.74. The quantitative estimate of drug-likeness (QED) is 0.176. The summed E-state index contributed by atoms with van der Waals surface area (Å²) in [5, 5.41) is 11.9. The van der Waals surface area contributed by atoms with Crippen LogP contribution in [0.25, 0.3) is 0 Å². The molecule has 1 heterocycles. The average molecular weight is 473 g/mol. The van der Waals surface area contributed by atoms with E-state index < -0.39 is 28.2 Å². The molecule has 1 aliphatic heterocycles. The number of carbonyl (C=O) groups excluding carboxylic acids is 3. The molecule has 32 heavy (non-hydrogen) atoms. The van der Waals surface area contributed by atoms with E-state index >= 15 is 0 Å². The monoisotopic (exact) mass is 472 g/mol. The number of fused-ring (bicyclic) bond motifs is 1. The predicted octanol–water partition coefficient (Wildman–Crippen LogP) is 3.46. The van der Waals surface area contributed by atoms with Crippen LogP contribution in [0.3, 0.4) is 0 Å². The molecule has 9 nitrogen and oxygen atoms in total. The second-order valence-corrected chi connectivity index (χ2v) is 11.4. The third kappa shape index (κ3) is 4.15. The summed E-state index contributed by atoms with van der Waals surface area (Å²) in [5.41, 5.74) is -0.433. The molecule has 1 saturated heterocycles. The summed E-state index contributed by atoms with van der Waals surface area (Å²) in [7, 11) is 0. The third-order valence-corrected chi connectivity index (χ3v) is 8.65. The van der Waals surface area contributed by atoms with Crippen LogP contribution in [0.1, 0.15) is 65.7 Å². The van der Waals surface area contributed by atoms with Gasteiger partial charge in [-0.05, 0) is 58.3 Å². The van der Waals surface area contributed by atoms with Gasteiger partial charge in [-0.1, -0.05) is 18.4 Å². The predicted molar refractivity (Wildman–Crippen MR) is 112 cm³/mol. The van der Waals surface area contributed by atoms with E-state index in [1.165, 1.54) is 0 Å². The van der Waals surface area contributed by atoms with Gasteiger partial charge in [0.15, 0.2) is 0 Å². The first kappa shape index (κ1) is 23.8. The highest BCUT2D eigenvalue weighted by atomic mass is 32.2. The molecule has 0 spiro atoms. The number of carbonyl (C=O) groups is 3. The Labute approximate surface area is 191 Å². The fourth-order valence-corrected chi connectivity index (χ4v) is 6.54. The molecule has 3 aliphatic carbocycles. The van der Waals surface area contributed by atoms with Crippen LogP contribution in [0.2, 0.25) is 0 Å². The number of hydrogen-bond acceptors (Lipinski definition) is 10. The fraction of sp³-hybridized carbons (Fsp3) is 0.864. The summed E-state index contributed by atoms with van der Waals surface area (Å²) in [4.78, 5) is 38.5. The SMILES string of the molecule is CCC1(OC(=O)C2C3CC4C(OC(=O)C42)C3COC(=O)C(C)(C)SOOO)CCCCC1. The van der Waals surface area contributed by atoms with Crippen molar-refractivity contribution in [1.29, 1.82) is 0 Å². The van der Waals surface area contributed by atoms with E-state index in [1.807, 2.05) is 6.92 Å². The molecule has 0 aromatic rings. The Balaban J connectivity index is 1.45. The molecule has 6 unspecified atom stereocenters. The molecular formula is C22H32O9S. The van der Waals surface area contributed by atoms with Gasteiger partial charge in [0.05, 0.1) is 30.5 Å². The van der Waals surface area contributed by atoms with Crippen LogP contribution in [0.4, 0.5) is 0 Å². The first-order chi connectivity index (χ1) is 15.2. The largest absolute Gasteiger partial charge is 0.464 e. The first-order valence-electron chi connectivity index (χ1n) is 11.5. The van der Waals surface area contributed by atoms with Crippen molar-refractivity contribution in [3.8, 4) is 0 Å². The molecule has 6 atom stereocenters. The topological polar surface area (TPSA) is 118 Å². The van der Waals surface area contributed by atoms with Crippen LogP contribution in [-0.2, 0) is 38.0 Å². The van der Waals surface area contributed by atoms with Gasteiger partial charge in [-0.15, -0.1) is 4.33 Å². The van der Waals surface area contributed by atoms with E-state index in [4.69, 9.17) is 19.5 Å². The molecule has 0 radical (unpaired) electrons. The van der Waals surface area contributed by atoms with Crippen molar-refractivity contribution in [3.05, 3.63) is 0 Å². The highest BCUT2D eigenvalue weighted by Crippen LogP contribution is 2.61. The van der Waals surface area contributed by atoms with Crippen molar-refractivity contribution < 1.29 is 43.2 Å². The maximum Gasteiger partial charge on any atom is 0.324 e. The van der Waals surface area contributed by atoms with Gasteiger partial charge in [0, 0.05) is 11.8 Å². The normalized spacial score (nSPS) is 34.9. The van der Waals surface area contributed by atoms with E-state index in [0.717, 1.165) is 38.5 Å². The van der Waals surface area contributed by atoms with Gasteiger partial charge < -0.3 is 14.2 Å². The molecule has 0 aromatic heterocycles. The molecule has 3 saturated carbocycles. The van der Waals surface area contributed by atoms with E-state index in [0.29, 0.717) is 18.5 Å². The minimum absolute atomic E-state index is 0.0359. The maximum atomic E-state index is 13.4. The Morgan fingerprint density at radius 1 is 1.22 bits per heavy atom.